The van der Waals surface area contributed by atoms with Crippen LogP contribution in [0.2, 0.25) is 15.1 Å². The molecule has 3 nitrogen and oxygen atoms in total. The van der Waals surface area contributed by atoms with Crippen LogP contribution in [0.15, 0.2) is 36.4 Å². The van der Waals surface area contributed by atoms with Crippen molar-refractivity contribution in [1.82, 2.24) is 0 Å². The summed E-state index contributed by atoms with van der Waals surface area (Å²) in [6, 6.07) is 9.91. The van der Waals surface area contributed by atoms with Gasteiger partial charge in [-0.25, -0.2) is 0 Å². The van der Waals surface area contributed by atoms with Crippen molar-refractivity contribution < 1.29 is 9.53 Å². The van der Waals surface area contributed by atoms with Gasteiger partial charge in [0.2, 0.25) is 0 Å². The van der Waals surface area contributed by atoms with Gasteiger partial charge in [-0.1, -0.05) is 46.6 Å². The maximum Gasteiger partial charge on any atom is 0.283 e. The number of thioether (sulfide) groups is 1. The van der Waals surface area contributed by atoms with Gasteiger partial charge in [-0.15, -0.1) is 0 Å². The topological polar surface area (TPSA) is 38.3 Å². The van der Waals surface area contributed by atoms with Crippen molar-refractivity contribution in [3.05, 3.63) is 51.5 Å². The SMILES string of the molecule is CSC(=O)Nc1ccc(Oc2ccc(Cl)c(Cl)c2)c(Cl)c1. The molecule has 0 atom stereocenters. The molecule has 0 aromatic heterocycles. The summed E-state index contributed by atoms with van der Waals surface area (Å²) in [5.74, 6) is 0.976. The van der Waals surface area contributed by atoms with Crippen molar-refractivity contribution in [2.45, 2.75) is 0 Å². The van der Waals surface area contributed by atoms with Crippen molar-refractivity contribution >= 4 is 57.5 Å². The number of benzene rings is 2. The third-order valence-electron chi connectivity index (χ3n) is 2.48. The molecule has 1 N–H and O–H groups in total. The number of amides is 1. The highest BCUT2D eigenvalue weighted by molar-refractivity contribution is 8.13. The van der Waals surface area contributed by atoms with Gasteiger partial charge in [0.25, 0.3) is 5.24 Å². The number of hydrogen-bond acceptors (Lipinski definition) is 3. The van der Waals surface area contributed by atoms with E-state index in [1.807, 2.05) is 0 Å². The molecular formula is C14H10Cl3NO2S. The molecule has 1 amide bonds. The van der Waals surface area contributed by atoms with Crippen LogP contribution in [0.1, 0.15) is 0 Å². The van der Waals surface area contributed by atoms with Crippen LogP contribution in [-0.2, 0) is 0 Å². The summed E-state index contributed by atoms with van der Waals surface area (Å²) in [4.78, 5) is 11.3. The van der Waals surface area contributed by atoms with Crippen molar-refractivity contribution in [2.75, 3.05) is 11.6 Å². The highest BCUT2D eigenvalue weighted by Gasteiger charge is 2.08. The molecule has 0 aliphatic rings. The zero-order chi connectivity index (χ0) is 15.4. The molecule has 0 fully saturated rings. The first kappa shape index (κ1) is 16.3. The molecule has 0 saturated carbocycles. The third-order valence-corrected chi connectivity index (χ3v) is 3.99. The number of carbonyl (C=O) groups excluding carboxylic acids is 1. The minimum absolute atomic E-state index is 0.163. The lowest BCUT2D eigenvalue weighted by Crippen LogP contribution is -2.03. The van der Waals surface area contributed by atoms with E-state index in [4.69, 9.17) is 39.5 Å². The number of halogens is 3. The molecule has 0 radical (unpaired) electrons. The Hall–Kier alpha value is -1.07. The van der Waals surface area contributed by atoms with E-state index in [-0.39, 0.29) is 5.24 Å². The van der Waals surface area contributed by atoms with Gasteiger partial charge in [0.1, 0.15) is 11.5 Å². The minimum atomic E-state index is -0.163. The van der Waals surface area contributed by atoms with Crippen LogP contribution >= 0.6 is 46.6 Å². The largest absolute Gasteiger partial charge is 0.456 e. The fourth-order valence-electron chi connectivity index (χ4n) is 1.50. The summed E-state index contributed by atoms with van der Waals surface area (Å²) < 4.78 is 5.64. The second-order valence-corrected chi connectivity index (χ2v) is 5.94. The van der Waals surface area contributed by atoms with Gasteiger partial charge in [-0.3, -0.25) is 4.79 Å². The van der Waals surface area contributed by atoms with Gasteiger partial charge in [0.15, 0.2) is 0 Å². The van der Waals surface area contributed by atoms with E-state index < -0.39 is 0 Å². The molecule has 0 aliphatic carbocycles. The van der Waals surface area contributed by atoms with Crippen LogP contribution < -0.4 is 10.1 Å². The Morgan fingerprint density at radius 1 is 1.05 bits per heavy atom. The first-order chi connectivity index (χ1) is 9.99. The zero-order valence-corrected chi connectivity index (χ0v) is 13.9. The fraction of sp³-hybridized carbons (Fsp3) is 0.0714. The number of rotatable bonds is 3. The van der Waals surface area contributed by atoms with Gasteiger partial charge in [-0.05, 0) is 36.6 Å². The summed E-state index contributed by atoms with van der Waals surface area (Å²) in [5.41, 5.74) is 0.598. The van der Waals surface area contributed by atoms with Crippen LogP contribution in [0, 0.1) is 0 Å². The number of carbonyl (C=O) groups is 1. The lowest BCUT2D eigenvalue weighted by atomic mass is 10.3. The quantitative estimate of drug-likeness (QED) is 0.693. The van der Waals surface area contributed by atoms with E-state index >= 15 is 0 Å². The molecule has 0 aliphatic heterocycles. The van der Waals surface area contributed by atoms with E-state index in [9.17, 15) is 4.79 Å². The van der Waals surface area contributed by atoms with Crippen molar-refractivity contribution in [3.63, 3.8) is 0 Å². The van der Waals surface area contributed by atoms with E-state index in [1.165, 1.54) is 0 Å². The number of anilines is 1. The Labute approximate surface area is 141 Å². The first-order valence-electron chi connectivity index (χ1n) is 5.77. The van der Waals surface area contributed by atoms with Gasteiger partial charge < -0.3 is 10.1 Å². The normalized spacial score (nSPS) is 10.3. The summed E-state index contributed by atoms with van der Waals surface area (Å²) in [6.45, 7) is 0. The van der Waals surface area contributed by atoms with Crippen molar-refractivity contribution in [1.29, 1.82) is 0 Å². The number of hydrogen-bond donors (Lipinski definition) is 1. The minimum Gasteiger partial charge on any atom is -0.456 e. The number of ether oxygens (including phenoxy) is 1. The highest BCUT2D eigenvalue weighted by Crippen LogP contribution is 2.34. The van der Waals surface area contributed by atoms with Crippen molar-refractivity contribution in [3.8, 4) is 11.5 Å². The van der Waals surface area contributed by atoms with Crippen LogP contribution in [0.3, 0.4) is 0 Å². The maximum atomic E-state index is 11.3. The van der Waals surface area contributed by atoms with Crippen LogP contribution in [0.4, 0.5) is 10.5 Å². The molecule has 0 bridgehead atoms. The monoisotopic (exact) mass is 361 g/mol. The Morgan fingerprint density at radius 2 is 1.81 bits per heavy atom. The molecule has 0 saturated heterocycles. The maximum absolute atomic E-state index is 11.3. The van der Waals surface area contributed by atoms with Gasteiger partial charge in [-0.2, -0.15) is 0 Å². The van der Waals surface area contributed by atoms with Crippen molar-refractivity contribution in [2.24, 2.45) is 0 Å². The molecule has 110 valence electrons. The Kier molecular flexibility index (Phi) is 5.65. The van der Waals surface area contributed by atoms with Crippen LogP contribution in [-0.4, -0.2) is 11.5 Å². The average molecular weight is 363 g/mol. The summed E-state index contributed by atoms with van der Waals surface area (Å²) in [6.07, 6.45) is 1.69. The molecular weight excluding hydrogens is 353 g/mol. The van der Waals surface area contributed by atoms with E-state index in [2.05, 4.69) is 5.32 Å². The lowest BCUT2D eigenvalue weighted by molar-refractivity contribution is 0.270. The molecule has 2 aromatic rings. The summed E-state index contributed by atoms with van der Waals surface area (Å²) >= 11 is 19.0. The number of nitrogens with one attached hydrogen (secondary N) is 1. The first-order valence-corrected chi connectivity index (χ1v) is 8.13. The predicted octanol–water partition coefficient (Wildman–Crippen LogP) is 6.33. The average Bonchev–Trinajstić information content (AvgIpc) is 2.45. The van der Waals surface area contributed by atoms with Gasteiger partial charge in [0, 0.05) is 11.8 Å². The molecule has 0 unspecified atom stereocenters. The second-order valence-electron chi connectivity index (χ2n) is 3.94. The molecule has 2 aromatic carbocycles. The fourth-order valence-corrected chi connectivity index (χ4v) is 2.22. The lowest BCUT2D eigenvalue weighted by Gasteiger charge is -2.10. The Morgan fingerprint density at radius 3 is 2.43 bits per heavy atom. The third kappa shape index (κ3) is 4.45. The molecule has 7 heteroatoms. The van der Waals surface area contributed by atoms with E-state index in [1.54, 1.807) is 42.7 Å². The summed E-state index contributed by atoms with van der Waals surface area (Å²) in [5, 5.41) is 3.74. The van der Waals surface area contributed by atoms with E-state index in [0.29, 0.717) is 32.3 Å². The summed E-state index contributed by atoms with van der Waals surface area (Å²) in [7, 11) is 0. The highest BCUT2D eigenvalue weighted by atomic mass is 35.5. The zero-order valence-electron chi connectivity index (χ0n) is 10.8. The van der Waals surface area contributed by atoms with Gasteiger partial charge >= 0.3 is 0 Å². The van der Waals surface area contributed by atoms with Gasteiger partial charge in [0.05, 0.1) is 15.1 Å². The molecule has 0 heterocycles. The molecule has 21 heavy (non-hydrogen) atoms. The predicted molar refractivity (Wildman–Crippen MR) is 90.5 cm³/mol. The Bertz CT molecular complexity index is 679. The van der Waals surface area contributed by atoms with Crippen LogP contribution in [0.25, 0.3) is 0 Å². The smallest absolute Gasteiger partial charge is 0.283 e. The molecule has 0 spiro atoms. The van der Waals surface area contributed by atoms with Crippen LogP contribution in [0.5, 0.6) is 11.5 Å². The second kappa shape index (κ2) is 7.27. The molecule has 2 rings (SSSR count). The van der Waals surface area contributed by atoms with E-state index in [0.717, 1.165) is 11.8 Å². The Balaban J connectivity index is 2.17. The standard InChI is InChI=1S/C14H10Cl3NO2S/c1-21-14(19)18-8-2-5-13(12(17)6-8)20-9-3-4-10(15)11(16)7-9/h2-7H,1H3,(H,18,19).